The summed E-state index contributed by atoms with van der Waals surface area (Å²) in [6, 6.07) is 18.2. The smallest absolute Gasteiger partial charge is 0.469 e. The number of phosphoric acid groups is 1. The highest BCUT2D eigenvalue weighted by Crippen LogP contribution is 2.40. The average Bonchev–Trinajstić information content (AvgIpc) is 3.22. The molecule has 19 heteroatoms. The van der Waals surface area contributed by atoms with Crippen molar-refractivity contribution >= 4 is 51.8 Å². The van der Waals surface area contributed by atoms with Crippen LogP contribution >= 0.6 is 7.82 Å². The van der Waals surface area contributed by atoms with Crippen LogP contribution in [0.15, 0.2) is 66.9 Å². The third kappa shape index (κ3) is 13.8. The van der Waals surface area contributed by atoms with Crippen molar-refractivity contribution in [3.8, 4) is 28.4 Å². The summed E-state index contributed by atoms with van der Waals surface area (Å²) < 4.78 is 69.5. The lowest BCUT2D eigenvalue weighted by molar-refractivity contribution is 0.0312. The predicted molar refractivity (Wildman–Crippen MR) is 243 cm³/mol. The highest BCUT2D eigenvalue weighted by atomic mass is 32.2. The van der Waals surface area contributed by atoms with Gasteiger partial charge in [-0.2, -0.15) is 0 Å². The summed E-state index contributed by atoms with van der Waals surface area (Å²) in [7, 11) is -3.80. The highest BCUT2D eigenvalue weighted by molar-refractivity contribution is 7.92. The minimum absolute atomic E-state index is 0.00334. The lowest BCUT2D eigenvalue weighted by Gasteiger charge is -2.24. The second-order valence-electron chi connectivity index (χ2n) is 15.9. The zero-order valence-corrected chi connectivity index (χ0v) is 38.9. The van der Waals surface area contributed by atoms with E-state index in [1.165, 1.54) is 21.3 Å². The summed E-state index contributed by atoms with van der Waals surface area (Å²) in [6.45, 7) is 8.40. The molecule has 0 radical (unpaired) electrons. The van der Waals surface area contributed by atoms with Crippen molar-refractivity contribution in [1.29, 1.82) is 0 Å². The molecule has 1 amide bonds. The first kappa shape index (κ1) is 49.6. The zero-order chi connectivity index (χ0) is 46.8. The molecule has 0 bridgehead atoms. The van der Waals surface area contributed by atoms with E-state index in [1.807, 2.05) is 52.0 Å². The molecule has 0 atom stereocenters. The van der Waals surface area contributed by atoms with E-state index >= 15 is 0 Å². The number of carbonyl (C=O) groups is 2. The first-order valence-corrected chi connectivity index (χ1v) is 23.6. The molecule has 0 fully saturated rings. The van der Waals surface area contributed by atoms with Gasteiger partial charge < -0.3 is 38.8 Å². The molecule has 17 nitrogen and oxygen atoms in total. The molecule has 1 aromatic heterocycles. The van der Waals surface area contributed by atoms with E-state index in [0.717, 1.165) is 39.5 Å². The molecule has 0 saturated carbocycles. The molecule has 0 unspecified atom stereocenters. The summed E-state index contributed by atoms with van der Waals surface area (Å²) in [6.07, 6.45) is 3.72. The Morgan fingerprint density at radius 1 is 0.828 bits per heavy atom. The van der Waals surface area contributed by atoms with Crippen molar-refractivity contribution in [2.75, 3.05) is 70.7 Å². The second-order valence-corrected chi connectivity index (χ2v) is 18.9. The number of hydrogen-bond donors (Lipinski definition) is 4. The fourth-order valence-electron chi connectivity index (χ4n) is 6.77. The number of sulfonamides is 1. The van der Waals surface area contributed by atoms with E-state index in [0.29, 0.717) is 59.1 Å². The number of methoxy groups -OCH3 is 3. The Labute approximate surface area is 373 Å². The molecule has 5 rings (SSSR count). The number of ketones is 1. The monoisotopic (exact) mass is 922 g/mol. The van der Waals surface area contributed by atoms with Crippen molar-refractivity contribution in [2.45, 2.75) is 52.4 Å². The molecule has 4 aromatic carbocycles. The average molecular weight is 923 g/mol. The molecular weight excluding hydrogens is 868 g/mol. The van der Waals surface area contributed by atoms with Crippen LogP contribution in [0.1, 0.15) is 76.8 Å². The van der Waals surface area contributed by atoms with Gasteiger partial charge >= 0.3 is 7.82 Å². The summed E-state index contributed by atoms with van der Waals surface area (Å²) >= 11 is 0. The quantitative estimate of drug-likeness (QED) is 0.0304. The Balaban J connectivity index is 1.27. The molecule has 0 spiro atoms. The number of nitrogens with zero attached hydrogens (tertiary/aromatic N) is 2. The molecular formula is C45H55N4O13PS. The van der Waals surface area contributed by atoms with Gasteiger partial charge in [0.25, 0.3) is 5.91 Å². The summed E-state index contributed by atoms with van der Waals surface area (Å²) in [5.74, 6) is 0.841. The van der Waals surface area contributed by atoms with Gasteiger partial charge in [0, 0.05) is 36.6 Å². The molecule has 0 aliphatic heterocycles. The van der Waals surface area contributed by atoms with Gasteiger partial charge in [-0.05, 0) is 95.1 Å². The van der Waals surface area contributed by atoms with Crippen LogP contribution in [-0.4, -0.2) is 100 Å². The standard InChI is InChI=1S/C45H55N4O13PS/c1-28-11-12-31(44(51)48-36-25-33(45(2,3)4)26-37(43(36)59-7)49-64(8,55)56)24-34(28)30-13-14-35-32(23-30)27-46-41(47-35)22-29-20-39(57-5)42(40(21-29)58-6)38(50)10-9-15-60-16-17-61-18-19-62-63(52,53)54/h11-14,20-21,23-27,49H,9-10,15-19,22H2,1-8H3,(H,48,51)(H2,52,53,54). The Morgan fingerprint density at radius 2 is 1.48 bits per heavy atom. The normalized spacial score (nSPS) is 12.0. The largest absolute Gasteiger partial charge is 0.496 e. The van der Waals surface area contributed by atoms with E-state index in [-0.39, 0.29) is 55.5 Å². The number of aryl methyl sites for hydroxylation is 1. The molecule has 1 heterocycles. The topological polar surface area (TPSA) is 231 Å². The van der Waals surface area contributed by atoms with Crippen LogP contribution in [0.5, 0.6) is 17.2 Å². The fourth-order valence-corrected chi connectivity index (χ4v) is 7.63. The SMILES string of the molecule is COc1cc(Cc2ncc3cc(-c4cc(C(=O)Nc5cc(C(C)(C)C)cc(NS(C)(=O)=O)c5OC)ccc4C)ccc3n2)cc(OC)c1C(=O)CCCOCCOCCOP(=O)(O)O. The number of aromatic nitrogens is 2. The summed E-state index contributed by atoms with van der Waals surface area (Å²) in [5, 5.41) is 3.72. The maximum atomic E-state index is 13.8. The number of rotatable bonds is 22. The highest BCUT2D eigenvalue weighted by Gasteiger charge is 2.24. The van der Waals surface area contributed by atoms with Crippen molar-refractivity contribution in [1.82, 2.24) is 9.97 Å². The van der Waals surface area contributed by atoms with Gasteiger partial charge in [-0.25, -0.2) is 23.0 Å². The second kappa shape index (κ2) is 21.5. The van der Waals surface area contributed by atoms with Crippen LogP contribution in [0.25, 0.3) is 22.0 Å². The van der Waals surface area contributed by atoms with Gasteiger partial charge in [0.2, 0.25) is 10.0 Å². The van der Waals surface area contributed by atoms with E-state index in [1.54, 1.807) is 42.6 Å². The first-order valence-electron chi connectivity index (χ1n) is 20.2. The molecule has 344 valence electrons. The maximum absolute atomic E-state index is 13.8. The fraction of sp³-hybridized carbons (Fsp3) is 0.378. The molecule has 0 aliphatic rings. The van der Waals surface area contributed by atoms with E-state index in [2.05, 4.69) is 19.5 Å². The van der Waals surface area contributed by atoms with Crippen LogP contribution in [0, 0.1) is 6.92 Å². The molecule has 0 saturated heterocycles. The summed E-state index contributed by atoms with van der Waals surface area (Å²) in [5.41, 5.74) is 5.74. The minimum atomic E-state index is -4.53. The van der Waals surface area contributed by atoms with Crippen molar-refractivity contribution in [3.05, 3.63) is 101 Å². The Morgan fingerprint density at radius 3 is 2.11 bits per heavy atom. The number of anilines is 2. The number of Topliss-reactive ketones (excluding diaryl/α,β-unsaturated/α-hetero) is 1. The lowest BCUT2D eigenvalue weighted by atomic mass is 9.86. The van der Waals surface area contributed by atoms with Gasteiger partial charge in [0.15, 0.2) is 11.5 Å². The van der Waals surface area contributed by atoms with Gasteiger partial charge in [0.1, 0.15) is 22.9 Å². The molecule has 5 aromatic rings. The van der Waals surface area contributed by atoms with Gasteiger partial charge in [0.05, 0.1) is 70.9 Å². The molecule has 64 heavy (non-hydrogen) atoms. The Kier molecular flexibility index (Phi) is 16.6. The summed E-state index contributed by atoms with van der Waals surface area (Å²) in [4.78, 5) is 53.9. The molecule has 4 N–H and O–H groups in total. The third-order valence-electron chi connectivity index (χ3n) is 9.90. The first-order chi connectivity index (χ1) is 30.2. The number of nitrogens with one attached hydrogen (secondary N) is 2. The minimum Gasteiger partial charge on any atom is -0.496 e. The van der Waals surface area contributed by atoms with Crippen LogP contribution in [-0.2, 0) is 40.4 Å². The van der Waals surface area contributed by atoms with Crippen molar-refractivity contribution < 1.29 is 60.6 Å². The number of fused-ring (bicyclic) bond motifs is 1. The predicted octanol–water partition coefficient (Wildman–Crippen LogP) is 7.25. The van der Waals surface area contributed by atoms with Gasteiger partial charge in [-0.1, -0.05) is 32.9 Å². The lowest BCUT2D eigenvalue weighted by Crippen LogP contribution is -2.18. The number of hydrogen-bond acceptors (Lipinski definition) is 13. The van der Waals surface area contributed by atoms with Crippen LogP contribution in [0.2, 0.25) is 0 Å². The zero-order valence-electron chi connectivity index (χ0n) is 37.1. The Bertz CT molecular complexity index is 2620. The number of benzene rings is 4. The van der Waals surface area contributed by atoms with E-state index in [9.17, 15) is 22.6 Å². The number of carbonyl (C=O) groups excluding carboxylic acids is 2. The van der Waals surface area contributed by atoms with Crippen LogP contribution in [0.3, 0.4) is 0 Å². The van der Waals surface area contributed by atoms with Crippen molar-refractivity contribution in [2.24, 2.45) is 0 Å². The maximum Gasteiger partial charge on any atom is 0.469 e. The van der Waals surface area contributed by atoms with Crippen LogP contribution < -0.4 is 24.2 Å². The molecule has 0 aliphatic carbocycles. The Hall–Kier alpha value is -5.46. The third-order valence-corrected chi connectivity index (χ3v) is 11.0. The van der Waals surface area contributed by atoms with E-state index in [4.69, 9.17) is 38.5 Å². The van der Waals surface area contributed by atoms with Crippen molar-refractivity contribution in [3.63, 3.8) is 0 Å². The van der Waals surface area contributed by atoms with Gasteiger partial charge in [-0.3, -0.25) is 18.8 Å². The number of amides is 1. The van der Waals surface area contributed by atoms with Crippen LogP contribution in [0.4, 0.5) is 11.4 Å². The van der Waals surface area contributed by atoms with Gasteiger partial charge in [-0.15, -0.1) is 0 Å². The van der Waals surface area contributed by atoms with E-state index < -0.39 is 23.8 Å². The number of phosphoric ester groups is 1. The number of ether oxygens (including phenoxy) is 5.